The molecule has 0 spiro atoms. The monoisotopic (exact) mass is 300 g/mol. The van der Waals surface area contributed by atoms with E-state index in [1.807, 2.05) is 0 Å². The van der Waals surface area contributed by atoms with Gasteiger partial charge in [-0.05, 0) is 0 Å². The second kappa shape index (κ2) is 6.68. The number of anilines is 2. The molecule has 0 aliphatic carbocycles. The van der Waals surface area contributed by atoms with Gasteiger partial charge in [0.25, 0.3) is 0 Å². The summed E-state index contributed by atoms with van der Waals surface area (Å²) in [5.74, 6) is 0.111. The van der Waals surface area contributed by atoms with Crippen LogP contribution in [-0.2, 0) is 0 Å². The fraction of sp³-hybridized carbons (Fsp3) is 0.625. The fourth-order valence-electron chi connectivity index (χ4n) is 1.02. The zero-order valence-corrected chi connectivity index (χ0v) is 10.3. The van der Waals surface area contributed by atoms with Crippen LogP contribution in [0, 0.1) is 0 Å². The van der Waals surface area contributed by atoms with Crippen LogP contribution in [-0.4, -0.2) is 52.2 Å². The first-order valence-corrected chi connectivity index (χ1v) is 5.53. The Bertz CT molecular complexity index is 418. The number of hydrogen-bond donors (Lipinski definition) is 4. The van der Waals surface area contributed by atoms with Crippen molar-refractivity contribution < 1.29 is 18.3 Å². The molecule has 1 rings (SSSR count). The van der Waals surface area contributed by atoms with Gasteiger partial charge < -0.3 is 21.5 Å². The van der Waals surface area contributed by atoms with Crippen LogP contribution >= 0.6 is 11.6 Å². The van der Waals surface area contributed by atoms with Crippen LogP contribution < -0.4 is 16.4 Å². The van der Waals surface area contributed by atoms with Gasteiger partial charge in [0.1, 0.15) is 0 Å². The SMILES string of the molecule is Nc1nc(NCCNC[C@H](O)C(F)(F)F)nnc1Cl. The van der Waals surface area contributed by atoms with E-state index in [0.717, 1.165) is 0 Å². The molecule has 0 bridgehead atoms. The third-order valence-corrected chi connectivity index (χ3v) is 2.24. The topological polar surface area (TPSA) is 109 Å². The normalized spacial score (nSPS) is 13.3. The van der Waals surface area contributed by atoms with Crippen molar-refractivity contribution in [2.45, 2.75) is 12.3 Å². The standard InChI is InChI=1S/C8H12ClF3N6O/c9-5-6(13)16-7(18-17-5)15-2-1-14-3-4(19)8(10,11)12/h4,14,19H,1-3H2,(H3,13,15,16,18)/t4-/m0/s1. The van der Waals surface area contributed by atoms with Crippen molar-refractivity contribution in [3.05, 3.63) is 5.15 Å². The molecule has 0 radical (unpaired) electrons. The van der Waals surface area contributed by atoms with Gasteiger partial charge >= 0.3 is 6.18 Å². The van der Waals surface area contributed by atoms with E-state index in [1.54, 1.807) is 0 Å². The van der Waals surface area contributed by atoms with Crippen molar-refractivity contribution in [1.29, 1.82) is 0 Å². The molecular weight excluding hydrogens is 289 g/mol. The van der Waals surface area contributed by atoms with Gasteiger partial charge in [0.15, 0.2) is 17.1 Å². The Hall–Kier alpha value is -1.39. The number of alkyl halides is 3. The van der Waals surface area contributed by atoms with Gasteiger partial charge in [0.2, 0.25) is 5.95 Å². The Morgan fingerprint density at radius 1 is 1.32 bits per heavy atom. The van der Waals surface area contributed by atoms with Crippen molar-refractivity contribution in [3.63, 3.8) is 0 Å². The first-order valence-electron chi connectivity index (χ1n) is 5.15. The zero-order chi connectivity index (χ0) is 14.5. The molecule has 19 heavy (non-hydrogen) atoms. The lowest BCUT2D eigenvalue weighted by molar-refractivity contribution is -0.201. The number of nitrogen functional groups attached to an aromatic ring is 1. The Morgan fingerprint density at radius 3 is 2.58 bits per heavy atom. The molecule has 0 aromatic carbocycles. The van der Waals surface area contributed by atoms with Crippen molar-refractivity contribution in [3.8, 4) is 0 Å². The molecule has 7 nitrogen and oxygen atoms in total. The predicted octanol–water partition coefficient (Wildman–Crippen LogP) is 0.0319. The summed E-state index contributed by atoms with van der Waals surface area (Å²) in [6.07, 6.45) is -7.02. The van der Waals surface area contributed by atoms with Gasteiger partial charge in [-0.2, -0.15) is 18.2 Å². The van der Waals surface area contributed by atoms with Gasteiger partial charge in [-0.1, -0.05) is 11.6 Å². The van der Waals surface area contributed by atoms with Gasteiger partial charge in [-0.25, -0.2) is 0 Å². The molecule has 5 N–H and O–H groups in total. The van der Waals surface area contributed by atoms with Gasteiger partial charge in [0.05, 0.1) is 0 Å². The molecule has 108 valence electrons. The summed E-state index contributed by atoms with van der Waals surface area (Å²) >= 11 is 5.51. The zero-order valence-electron chi connectivity index (χ0n) is 9.58. The number of nitrogens with one attached hydrogen (secondary N) is 2. The molecule has 11 heteroatoms. The first-order chi connectivity index (χ1) is 8.80. The van der Waals surface area contributed by atoms with Crippen molar-refractivity contribution in [2.24, 2.45) is 0 Å². The lowest BCUT2D eigenvalue weighted by Gasteiger charge is -2.15. The Kier molecular flexibility index (Phi) is 5.51. The number of halogens is 4. The summed E-state index contributed by atoms with van der Waals surface area (Å²) in [5, 5.41) is 20.8. The van der Waals surface area contributed by atoms with Crippen molar-refractivity contribution in [2.75, 3.05) is 30.7 Å². The van der Waals surface area contributed by atoms with Crippen LogP contribution in [0.25, 0.3) is 0 Å². The molecule has 0 saturated heterocycles. The molecule has 1 aromatic rings. The maximum absolute atomic E-state index is 11.9. The molecule has 0 unspecified atom stereocenters. The minimum Gasteiger partial charge on any atom is -0.382 e. The Morgan fingerprint density at radius 2 is 2.00 bits per heavy atom. The number of nitrogens with zero attached hydrogens (tertiary/aromatic N) is 3. The summed E-state index contributed by atoms with van der Waals surface area (Å²) in [4.78, 5) is 3.75. The van der Waals surface area contributed by atoms with Gasteiger partial charge in [-0.15, -0.1) is 10.2 Å². The molecule has 1 aromatic heterocycles. The van der Waals surface area contributed by atoms with E-state index in [1.165, 1.54) is 0 Å². The number of aliphatic hydroxyl groups excluding tert-OH is 1. The minimum absolute atomic E-state index is 0.000352. The summed E-state index contributed by atoms with van der Waals surface area (Å²) in [6, 6.07) is 0. The summed E-state index contributed by atoms with van der Waals surface area (Å²) in [5.41, 5.74) is 5.38. The molecule has 1 heterocycles. The highest BCUT2D eigenvalue weighted by Crippen LogP contribution is 2.19. The van der Waals surface area contributed by atoms with Crippen LogP contribution in [0.15, 0.2) is 0 Å². The summed E-state index contributed by atoms with van der Waals surface area (Å²) < 4.78 is 35.8. The van der Waals surface area contributed by atoms with E-state index >= 15 is 0 Å². The predicted molar refractivity (Wildman–Crippen MR) is 62.7 cm³/mol. The van der Waals surface area contributed by atoms with E-state index in [9.17, 15) is 13.2 Å². The average molecular weight is 301 g/mol. The number of aromatic nitrogens is 3. The molecule has 0 saturated carbocycles. The van der Waals surface area contributed by atoms with Crippen molar-refractivity contribution >= 4 is 23.4 Å². The van der Waals surface area contributed by atoms with Crippen LogP contribution in [0.1, 0.15) is 0 Å². The maximum atomic E-state index is 11.9. The highest BCUT2D eigenvalue weighted by Gasteiger charge is 2.37. The van der Waals surface area contributed by atoms with E-state index in [2.05, 4.69) is 25.8 Å². The molecule has 0 amide bonds. The van der Waals surface area contributed by atoms with Crippen LogP contribution in [0.5, 0.6) is 0 Å². The van der Waals surface area contributed by atoms with Crippen LogP contribution in [0.4, 0.5) is 24.9 Å². The maximum Gasteiger partial charge on any atom is 0.415 e. The number of nitrogens with two attached hydrogens (primary N) is 1. The lowest BCUT2D eigenvalue weighted by atomic mass is 10.3. The number of hydrogen-bond acceptors (Lipinski definition) is 7. The van der Waals surface area contributed by atoms with Crippen molar-refractivity contribution in [1.82, 2.24) is 20.5 Å². The van der Waals surface area contributed by atoms with Gasteiger partial charge in [0, 0.05) is 19.6 Å². The smallest absolute Gasteiger partial charge is 0.382 e. The number of rotatable bonds is 6. The van der Waals surface area contributed by atoms with E-state index in [-0.39, 0.29) is 30.0 Å². The third-order valence-electron chi connectivity index (χ3n) is 1.97. The Balaban J connectivity index is 2.22. The summed E-state index contributed by atoms with van der Waals surface area (Å²) in [7, 11) is 0. The second-order valence-corrected chi connectivity index (χ2v) is 3.86. The molecular formula is C8H12ClF3N6O. The third kappa shape index (κ3) is 5.41. The summed E-state index contributed by atoms with van der Waals surface area (Å²) in [6.45, 7) is -0.195. The van der Waals surface area contributed by atoms with Crippen LogP contribution in [0.3, 0.4) is 0 Å². The highest BCUT2D eigenvalue weighted by molar-refractivity contribution is 6.31. The molecule has 1 atom stereocenters. The molecule has 0 aliphatic rings. The fourth-order valence-corrected chi connectivity index (χ4v) is 1.10. The van der Waals surface area contributed by atoms with E-state index in [0.29, 0.717) is 0 Å². The Labute approximate surface area is 111 Å². The van der Waals surface area contributed by atoms with E-state index < -0.39 is 18.8 Å². The quantitative estimate of drug-likeness (QED) is 0.549. The van der Waals surface area contributed by atoms with E-state index in [4.69, 9.17) is 22.4 Å². The number of aliphatic hydroxyl groups is 1. The lowest BCUT2D eigenvalue weighted by Crippen LogP contribution is -2.39. The van der Waals surface area contributed by atoms with Gasteiger partial charge in [-0.3, -0.25) is 0 Å². The van der Waals surface area contributed by atoms with Crippen LogP contribution in [0.2, 0.25) is 5.15 Å². The average Bonchev–Trinajstić information content (AvgIpc) is 2.31. The first kappa shape index (κ1) is 15.7. The molecule has 0 aliphatic heterocycles. The minimum atomic E-state index is -4.63. The molecule has 0 fully saturated rings. The highest BCUT2D eigenvalue weighted by atomic mass is 35.5. The second-order valence-electron chi connectivity index (χ2n) is 3.50. The largest absolute Gasteiger partial charge is 0.415 e.